The Kier molecular flexibility index (Phi) is 5.30. The van der Waals surface area contributed by atoms with Crippen molar-refractivity contribution < 1.29 is 9.72 Å². The minimum absolute atomic E-state index is 0.129. The van der Waals surface area contributed by atoms with Crippen molar-refractivity contribution in [1.82, 2.24) is 10.2 Å². The first-order chi connectivity index (χ1) is 11.6. The molecule has 0 spiro atoms. The first-order valence-electron chi connectivity index (χ1n) is 8.64. The molecule has 2 fully saturated rings. The largest absolute Gasteiger partial charge is 0.362 e. The van der Waals surface area contributed by atoms with Crippen LogP contribution in [0.25, 0.3) is 0 Å². The number of amides is 1. The summed E-state index contributed by atoms with van der Waals surface area (Å²) < 4.78 is 0. The lowest BCUT2D eigenvalue weighted by Gasteiger charge is -2.36. The van der Waals surface area contributed by atoms with E-state index in [1.54, 1.807) is 12.1 Å². The number of piperazine rings is 1. The Morgan fingerprint density at radius 1 is 1.25 bits per heavy atom. The lowest BCUT2D eigenvalue weighted by atomic mass is 10.1. The van der Waals surface area contributed by atoms with Crippen molar-refractivity contribution in [2.75, 3.05) is 37.6 Å². The highest BCUT2D eigenvalue weighted by Gasteiger charge is 2.26. The Bertz CT molecular complexity index is 593. The highest BCUT2D eigenvalue weighted by atomic mass is 16.6. The number of para-hydroxylation sites is 2. The highest BCUT2D eigenvalue weighted by Crippen LogP contribution is 2.28. The molecule has 0 saturated carbocycles. The fraction of sp³-hybridized carbons (Fsp3) is 0.588. The molecule has 24 heavy (non-hydrogen) atoms. The summed E-state index contributed by atoms with van der Waals surface area (Å²) >= 11 is 0. The van der Waals surface area contributed by atoms with E-state index in [9.17, 15) is 14.9 Å². The van der Waals surface area contributed by atoms with Gasteiger partial charge in [-0.3, -0.25) is 14.9 Å². The summed E-state index contributed by atoms with van der Waals surface area (Å²) in [4.78, 5) is 27.0. The quantitative estimate of drug-likeness (QED) is 0.657. The van der Waals surface area contributed by atoms with Gasteiger partial charge < -0.3 is 15.1 Å². The van der Waals surface area contributed by atoms with Gasteiger partial charge in [0.25, 0.3) is 5.69 Å². The van der Waals surface area contributed by atoms with Gasteiger partial charge in [0, 0.05) is 44.7 Å². The Morgan fingerprint density at radius 3 is 2.67 bits per heavy atom. The van der Waals surface area contributed by atoms with Crippen molar-refractivity contribution in [2.45, 2.75) is 31.7 Å². The van der Waals surface area contributed by atoms with Crippen LogP contribution in [0.2, 0.25) is 0 Å². The van der Waals surface area contributed by atoms with E-state index in [0.717, 1.165) is 13.0 Å². The van der Waals surface area contributed by atoms with Crippen LogP contribution in [0.3, 0.4) is 0 Å². The molecule has 7 nitrogen and oxygen atoms in total. The number of hydrogen-bond donors (Lipinski definition) is 1. The molecule has 7 heteroatoms. The van der Waals surface area contributed by atoms with E-state index in [0.29, 0.717) is 44.3 Å². The van der Waals surface area contributed by atoms with E-state index in [4.69, 9.17) is 0 Å². The summed E-state index contributed by atoms with van der Waals surface area (Å²) in [6.07, 6.45) is 3.86. The van der Waals surface area contributed by atoms with Crippen molar-refractivity contribution in [1.29, 1.82) is 0 Å². The monoisotopic (exact) mass is 332 g/mol. The lowest BCUT2D eigenvalue weighted by molar-refractivity contribution is -0.384. The Labute approximate surface area is 141 Å². The zero-order valence-electron chi connectivity index (χ0n) is 13.8. The van der Waals surface area contributed by atoms with Gasteiger partial charge in [0.1, 0.15) is 5.69 Å². The van der Waals surface area contributed by atoms with Gasteiger partial charge in [0.05, 0.1) is 4.92 Å². The molecular formula is C17H24N4O3. The number of anilines is 1. The second kappa shape index (κ2) is 7.61. The maximum absolute atomic E-state index is 12.3. The van der Waals surface area contributed by atoms with Crippen LogP contribution in [0.4, 0.5) is 11.4 Å². The van der Waals surface area contributed by atoms with Gasteiger partial charge in [0.15, 0.2) is 0 Å². The molecule has 0 bridgehead atoms. The summed E-state index contributed by atoms with van der Waals surface area (Å²) in [5.41, 5.74) is 0.773. The first-order valence-corrected chi connectivity index (χ1v) is 8.64. The van der Waals surface area contributed by atoms with Crippen molar-refractivity contribution >= 4 is 17.3 Å². The van der Waals surface area contributed by atoms with Crippen molar-refractivity contribution in [3.05, 3.63) is 34.4 Å². The number of nitro benzene ring substituents is 1. The summed E-state index contributed by atoms with van der Waals surface area (Å²) in [5.74, 6) is 0.200. The molecular weight excluding hydrogens is 308 g/mol. The molecule has 1 atom stereocenters. The second-order valence-electron chi connectivity index (χ2n) is 6.45. The zero-order valence-corrected chi connectivity index (χ0v) is 13.8. The van der Waals surface area contributed by atoms with E-state index in [2.05, 4.69) is 5.32 Å². The fourth-order valence-electron chi connectivity index (χ4n) is 3.54. The molecule has 130 valence electrons. The van der Waals surface area contributed by atoms with Gasteiger partial charge in [-0.1, -0.05) is 12.1 Å². The van der Waals surface area contributed by atoms with Crippen LogP contribution in [-0.2, 0) is 4.79 Å². The molecule has 1 unspecified atom stereocenters. The predicted octanol–water partition coefficient (Wildman–Crippen LogP) is 1.78. The number of carbonyl (C=O) groups excluding carboxylic acids is 1. The molecule has 1 amide bonds. The minimum Gasteiger partial charge on any atom is -0.362 e. The second-order valence-corrected chi connectivity index (χ2v) is 6.45. The Hall–Kier alpha value is -2.15. The number of nitrogens with one attached hydrogen (secondary N) is 1. The van der Waals surface area contributed by atoms with Crippen LogP contribution in [-0.4, -0.2) is 54.5 Å². The maximum atomic E-state index is 12.3. The van der Waals surface area contributed by atoms with Crippen LogP contribution in [0.1, 0.15) is 25.7 Å². The Balaban J connectivity index is 1.52. The third-order valence-electron chi connectivity index (χ3n) is 4.92. The molecule has 3 rings (SSSR count). The van der Waals surface area contributed by atoms with Gasteiger partial charge in [-0.2, -0.15) is 0 Å². The fourth-order valence-corrected chi connectivity index (χ4v) is 3.54. The number of rotatable bonds is 5. The van der Waals surface area contributed by atoms with Crippen LogP contribution in [0.15, 0.2) is 24.3 Å². The third-order valence-corrected chi connectivity index (χ3v) is 4.92. The van der Waals surface area contributed by atoms with Crippen LogP contribution in [0, 0.1) is 10.1 Å². The van der Waals surface area contributed by atoms with Gasteiger partial charge in [0.2, 0.25) is 5.91 Å². The molecule has 1 N–H and O–H groups in total. The van der Waals surface area contributed by atoms with E-state index in [1.807, 2.05) is 15.9 Å². The topological polar surface area (TPSA) is 78.7 Å². The van der Waals surface area contributed by atoms with Gasteiger partial charge in [-0.25, -0.2) is 0 Å². The van der Waals surface area contributed by atoms with Crippen LogP contribution in [0.5, 0.6) is 0 Å². The van der Waals surface area contributed by atoms with E-state index in [1.165, 1.54) is 18.9 Å². The first kappa shape index (κ1) is 16.7. The van der Waals surface area contributed by atoms with Crippen LogP contribution < -0.4 is 10.2 Å². The normalized spacial score (nSPS) is 21.1. The number of carbonyl (C=O) groups is 1. The smallest absolute Gasteiger partial charge is 0.292 e. The predicted molar refractivity (Wildman–Crippen MR) is 92.1 cm³/mol. The highest BCUT2D eigenvalue weighted by molar-refractivity contribution is 5.76. The molecule has 2 heterocycles. The van der Waals surface area contributed by atoms with Crippen molar-refractivity contribution in [2.24, 2.45) is 0 Å². The average Bonchev–Trinajstić information content (AvgIpc) is 3.13. The maximum Gasteiger partial charge on any atom is 0.292 e. The number of benzene rings is 1. The summed E-state index contributed by atoms with van der Waals surface area (Å²) in [6, 6.07) is 7.29. The van der Waals surface area contributed by atoms with Crippen molar-refractivity contribution in [3.8, 4) is 0 Å². The van der Waals surface area contributed by atoms with E-state index in [-0.39, 0.29) is 16.5 Å². The zero-order chi connectivity index (χ0) is 16.9. The standard InChI is InChI=1S/C17H24N4O3/c22-17(8-7-14-4-3-9-18-14)20-12-10-19(11-13-20)15-5-1-2-6-16(15)21(23)24/h1-2,5-6,14,18H,3-4,7-13H2. The average molecular weight is 332 g/mol. The summed E-state index contributed by atoms with van der Waals surface area (Å²) in [7, 11) is 0. The summed E-state index contributed by atoms with van der Waals surface area (Å²) in [5, 5.41) is 14.6. The van der Waals surface area contributed by atoms with Crippen molar-refractivity contribution in [3.63, 3.8) is 0 Å². The number of nitrogens with zero attached hydrogens (tertiary/aromatic N) is 3. The lowest BCUT2D eigenvalue weighted by Crippen LogP contribution is -2.49. The number of hydrogen-bond acceptors (Lipinski definition) is 5. The molecule has 2 saturated heterocycles. The molecule has 0 aromatic heterocycles. The Morgan fingerprint density at radius 2 is 2.00 bits per heavy atom. The van der Waals surface area contributed by atoms with Gasteiger partial charge in [-0.15, -0.1) is 0 Å². The molecule has 1 aromatic rings. The third kappa shape index (κ3) is 3.84. The molecule has 2 aliphatic heterocycles. The summed E-state index contributed by atoms with van der Waals surface area (Å²) in [6.45, 7) is 3.59. The molecule has 0 aliphatic carbocycles. The van der Waals surface area contributed by atoms with E-state index >= 15 is 0 Å². The number of nitro groups is 1. The minimum atomic E-state index is -0.346. The van der Waals surface area contributed by atoms with Gasteiger partial charge in [-0.05, 0) is 31.9 Å². The van der Waals surface area contributed by atoms with Crippen LogP contribution >= 0.6 is 0 Å². The van der Waals surface area contributed by atoms with Gasteiger partial charge >= 0.3 is 0 Å². The molecule has 2 aliphatic rings. The molecule has 0 radical (unpaired) electrons. The van der Waals surface area contributed by atoms with E-state index < -0.39 is 0 Å². The SMILES string of the molecule is O=C(CCC1CCCN1)N1CCN(c2ccccc2[N+](=O)[O-])CC1. The molecule has 1 aromatic carbocycles.